The summed E-state index contributed by atoms with van der Waals surface area (Å²) < 4.78 is 47.4. The maximum atomic E-state index is 12.4. The Bertz CT molecular complexity index is 595. The molecule has 0 aliphatic rings. The Morgan fingerprint density at radius 2 is 1.83 bits per heavy atom. The van der Waals surface area contributed by atoms with Crippen molar-refractivity contribution in [2.24, 2.45) is 5.73 Å². The summed E-state index contributed by atoms with van der Waals surface area (Å²) >= 11 is 0. The van der Waals surface area contributed by atoms with Gasteiger partial charge in [-0.05, 0) is 30.7 Å². The number of alkyl halides is 2. The second-order valence-corrected chi connectivity index (χ2v) is 6.80. The third-order valence-electron chi connectivity index (χ3n) is 3.21. The minimum absolute atomic E-state index is 0. The Hall–Kier alpha value is -1.25. The van der Waals surface area contributed by atoms with Crippen molar-refractivity contribution in [3.05, 3.63) is 29.8 Å². The van der Waals surface area contributed by atoms with Gasteiger partial charge < -0.3 is 11.1 Å². The molecule has 3 N–H and O–H groups in total. The number of rotatable bonds is 8. The van der Waals surface area contributed by atoms with E-state index in [-0.39, 0.29) is 24.0 Å². The lowest BCUT2D eigenvalue weighted by Gasteiger charge is -2.16. The number of halogens is 3. The monoisotopic (exact) mass is 370 g/mol. The largest absolute Gasteiger partial charge is 0.348 e. The molecule has 0 aromatic heterocycles. The molecule has 1 rings (SSSR count). The van der Waals surface area contributed by atoms with E-state index in [0.717, 1.165) is 31.4 Å². The molecule has 1 unspecified atom stereocenters. The number of nitrogens with two attached hydrogens (primary N) is 1. The molecule has 132 valence electrons. The number of carbonyl (C=O) groups is 1. The van der Waals surface area contributed by atoms with Crippen LogP contribution in [0, 0.1) is 0 Å². The quantitative estimate of drug-likeness (QED) is 0.735. The predicted octanol–water partition coefficient (Wildman–Crippen LogP) is 2.35. The molecule has 0 aliphatic heterocycles. The molecule has 0 saturated heterocycles. The van der Waals surface area contributed by atoms with Crippen molar-refractivity contribution >= 4 is 28.2 Å². The summed E-state index contributed by atoms with van der Waals surface area (Å²) in [6.45, 7) is 2.32. The first-order valence-corrected chi connectivity index (χ1v) is 8.50. The van der Waals surface area contributed by atoms with Crippen LogP contribution >= 0.6 is 12.4 Å². The molecule has 0 spiro atoms. The first kappa shape index (κ1) is 21.8. The van der Waals surface area contributed by atoms with E-state index in [1.54, 1.807) is 0 Å². The van der Waals surface area contributed by atoms with Crippen LogP contribution in [-0.2, 0) is 9.84 Å². The zero-order valence-corrected chi connectivity index (χ0v) is 14.3. The van der Waals surface area contributed by atoms with Gasteiger partial charge in [-0.1, -0.05) is 19.8 Å². The van der Waals surface area contributed by atoms with Crippen molar-refractivity contribution in [3.8, 4) is 0 Å². The third-order valence-corrected chi connectivity index (χ3v) is 4.60. The Morgan fingerprint density at radius 1 is 1.26 bits per heavy atom. The molecule has 9 heteroatoms. The van der Waals surface area contributed by atoms with Crippen LogP contribution in [0.15, 0.2) is 29.2 Å². The van der Waals surface area contributed by atoms with E-state index < -0.39 is 26.4 Å². The van der Waals surface area contributed by atoms with Gasteiger partial charge in [0.15, 0.2) is 0 Å². The van der Waals surface area contributed by atoms with Crippen molar-refractivity contribution < 1.29 is 22.0 Å². The molecule has 1 atom stereocenters. The highest BCUT2D eigenvalue weighted by Crippen LogP contribution is 2.18. The Morgan fingerprint density at radius 3 is 2.26 bits per heavy atom. The standard InChI is InChI=1S/C14H20F2N2O3S.ClH/c1-2-3-4-11(9-17)18-13(19)10-5-7-12(8-6-10)22(20,21)14(15)16;/h5-8,11,14H,2-4,9,17H2,1H3,(H,18,19);1H. The topological polar surface area (TPSA) is 89.3 Å². The molecule has 0 bridgehead atoms. The molecule has 5 nitrogen and oxygen atoms in total. The number of unbranched alkanes of at least 4 members (excludes halogenated alkanes) is 1. The van der Waals surface area contributed by atoms with Crippen molar-refractivity contribution in [2.75, 3.05) is 6.54 Å². The number of nitrogens with one attached hydrogen (secondary N) is 1. The Labute approximate surface area is 141 Å². The van der Waals surface area contributed by atoms with E-state index in [4.69, 9.17) is 5.73 Å². The number of sulfone groups is 1. The van der Waals surface area contributed by atoms with E-state index in [2.05, 4.69) is 5.32 Å². The fourth-order valence-corrected chi connectivity index (χ4v) is 2.59. The predicted molar refractivity (Wildman–Crippen MR) is 86.7 cm³/mol. The Kier molecular flexibility index (Phi) is 9.26. The lowest BCUT2D eigenvalue weighted by atomic mass is 10.1. The van der Waals surface area contributed by atoms with Gasteiger partial charge in [-0.3, -0.25) is 4.79 Å². The minimum Gasteiger partial charge on any atom is -0.348 e. The summed E-state index contributed by atoms with van der Waals surface area (Å²) in [5.41, 5.74) is 5.77. The minimum atomic E-state index is -4.64. The molecular weight excluding hydrogens is 350 g/mol. The van der Waals surface area contributed by atoms with Crippen LogP contribution in [-0.4, -0.2) is 32.7 Å². The molecule has 0 aliphatic carbocycles. The van der Waals surface area contributed by atoms with Gasteiger partial charge in [-0.2, -0.15) is 8.78 Å². The zero-order chi connectivity index (χ0) is 16.8. The fraction of sp³-hybridized carbons (Fsp3) is 0.500. The van der Waals surface area contributed by atoms with Crippen molar-refractivity contribution in [3.63, 3.8) is 0 Å². The van der Waals surface area contributed by atoms with Gasteiger partial charge in [-0.25, -0.2) is 8.42 Å². The molecule has 0 fully saturated rings. The van der Waals surface area contributed by atoms with E-state index >= 15 is 0 Å². The van der Waals surface area contributed by atoms with Crippen molar-refractivity contribution in [2.45, 2.75) is 42.9 Å². The van der Waals surface area contributed by atoms with Gasteiger partial charge in [0.1, 0.15) is 0 Å². The average Bonchev–Trinajstić information content (AvgIpc) is 2.51. The van der Waals surface area contributed by atoms with Gasteiger partial charge in [0, 0.05) is 18.2 Å². The average molecular weight is 371 g/mol. The summed E-state index contributed by atoms with van der Waals surface area (Å²) in [5, 5.41) is 2.74. The third kappa shape index (κ3) is 6.04. The summed E-state index contributed by atoms with van der Waals surface area (Å²) in [6, 6.07) is 4.24. The van der Waals surface area contributed by atoms with Gasteiger partial charge in [0.25, 0.3) is 5.91 Å². The van der Waals surface area contributed by atoms with Crippen LogP contribution in [0.3, 0.4) is 0 Å². The highest BCUT2D eigenvalue weighted by molar-refractivity contribution is 7.91. The second kappa shape index (κ2) is 9.79. The second-order valence-electron chi connectivity index (χ2n) is 4.88. The first-order valence-electron chi connectivity index (χ1n) is 6.96. The summed E-state index contributed by atoms with van der Waals surface area (Å²) in [6.07, 6.45) is 2.65. The highest BCUT2D eigenvalue weighted by Gasteiger charge is 2.26. The molecule has 0 saturated carbocycles. The lowest BCUT2D eigenvalue weighted by molar-refractivity contribution is 0.0935. The van der Waals surface area contributed by atoms with Crippen molar-refractivity contribution in [1.29, 1.82) is 0 Å². The van der Waals surface area contributed by atoms with Gasteiger partial charge in [0.2, 0.25) is 9.84 Å². The van der Waals surface area contributed by atoms with Crippen LogP contribution in [0.2, 0.25) is 0 Å². The van der Waals surface area contributed by atoms with Gasteiger partial charge in [0.05, 0.1) is 4.90 Å². The van der Waals surface area contributed by atoms with Gasteiger partial charge in [-0.15, -0.1) is 12.4 Å². The molecule has 1 amide bonds. The van der Waals surface area contributed by atoms with Crippen LogP contribution in [0.1, 0.15) is 36.5 Å². The van der Waals surface area contributed by atoms with E-state index in [9.17, 15) is 22.0 Å². The molecule has 0 radical (unpaired) electrons. The van der Waals surface area contributed by atoms with Crippen LogP contribution in [0.4, 0.5) is 8.78 Å². The number of hydrogen-bond acceptors (Lipinski definition) is 4. The van der Waals surface area contributed by atoms with E-state index in [1.807, 2.05) is 6.92 Å². The van der Waals surface area contributed by atoms with Crippen molar-refractivity contribution in [1.82, 2.24) is 5.32 Å². The lowest BCUT2D eigenvalue weighted by Crippen LogP contribution is -2.40. The highest BCUT2D eigenvalue weighted by atomic mass is 35.5. The smallest absolute Gasteiger partial charge is 0.341 e. The normalized spacial score (nSPS) is 12.6. The summed E-state index contributed by atoms with van der Waals surface area (Å²) in [7, 11) is -4.64. The maximum absolute atomic E-state index is 12.4. The van der Waals surface area contributed by atoms with E-state index in [1.165, 1.54) is 12.1 Å². The fourth-order valence-electron chi connectivity index (χ4n) is 1.87. The Balaban J connectivity index is 0.00000484. The number of hydrogen-bond donors (Lipinski definition) is 2. The number of benzene rings is 1. The first-order chi connectivity index (χ1) is 10.3. The molecule has 23 heavy (non-hydrogen) atoms. The zero-order valence-electron chi connectivity index (χ0n) is 12.7. The van der Waals surface area contributed by atoms with Gasteiger partial charge >= 0.3 is 5.76 Å². The summed E-state index contributed by atoms with van der Waals surface area (Å²) in [5.74, 6) is -3.89. The molecule has 1 aromatic rings. The van der Waals surface area contributed by atoms with Crippen LogP contribution < -0.4 is 11.1 Å². The maximum Gasteiger partial charge on any atom is 0.341 e. The van der Waals surface area contributed by atoms with E-state index in [0.29, 0.717) is 6.54 Å². The summed E-state index contributed by atoms with van der Waals surface area (Å²) in [4.78, 5) is 11.5. The molecular formula is C14H21ClF2N2O3S. The van der Waals surface area contributed by atoms with Crippen LogP contribution in [0.25, 0.3) is 0 Å². The molecule has 0 heterocycles. The number of amides is 1. The number of carbonyl (C=O) groups excluding carboxylic acids is 1. The molecule has 1 aromatic carbocycles. The van der Waals surface area contributed by atoms with Crippen LogP contribution in [0.5, 0.6) is 0 Å². The SMILES string of the molecule is CCCCC(CN)NC(=O)c1ccc(S(=O)(=O)C(F)F)cc1.Cl.